The first-order chi connectivity index (χ1) is 11.9. The Morgan fingerprint density at radius 2 is 1.96 bits per heavy atom. The molecular weight excluding hydrogens is 340 g/mol. The first-order valence-corrected chi connectivity index (χ1v) is 9.12. The van der Waals surface area contributed by atoms with Crippen molar-refractivity contribution in [3.05, 3.63) is 52.9 Å². The van der Waals surface area contributed by atoms with Crippen molar-refractivity contribution >= 4 is 23.6 Å². The highest BCUT2D eigenvalue weighted by atomic mass is 32.2. The molecule has 1 heterocycles. The quantitative estimate of drug-likeness (QED) is 0.750. The molecule has 1 aromatic heterocycles. The van der Waals surface area contributed by atoms with Gasteiger partial charge in [0.25, 0.3) is 0 Å². The lowest BCUT2D eigenvalue weighted by atomic mass is 9.94. The molecule has 2 unspecified atom stereocenters. The van der Waals surface area contributed by atoms with Gasteiger partial charge in [0.1, 0.15) is 5.76 Å². The summed E-state index contributed by atoms with van der Waals surface area (Å²) in [7, 11) is 0. The first-order valence-electron chi connectivity index (χ1n) is 7.96. The van der Waals surface area contributed by atoms with Gasteiger partial charge >= 0.3 is 5.97 Å². The zero-order chi connectivity index (χ0) is 18.4. The van der Waals surface area contributed by atoms with Gasteiger partial charge in [0.05, 0.1) is 23.4 Å². The van der Waals surface area contributed by atoms with Crippen molar-refractivity contribution in [3.8, 4) is 0 Å². The zero-order valence-corrected chi connectivity index (χ0v) is 15.3. The minimum Gasteiger partial charge on any atom is -0.481 e. The Balaban J connectivity index is 1.96. The van der Waals surface area contributed by atoms with Crippen molar-refractivity contribution < 1.29 is 19.2 Å². The molecule has 0 spiro atoms. The molecular formula is C18H22N2O4S. The molecule has 0 fully saturated rings. The van der Waals surface area contributed by atoms with Gasteiger partial charge in [-0.3, -0.25) is 9.59 Å². The molecule has 2 aromatic rings. The number of aromatic nitrogens is 1. The molecule has 0 aliphatic rings. The maximum absolute atomic E-state index is 12.3. The van der Waals surface area contributed by atoms with Crippen LogP contribution in [-0.4, -0.2) is 27.9 Å². The van der Waals surface area contributed by atoms with Crippen LogP contribution in [0.3, 0.4) is 0 Å². The van der Waals surface area contributed by atoms with E-state index in [-0.39, 0.29) is 11.7 Å². The second-order valence-corrected chi connectivity index (χ2v) is 6.86. The predicted molar refractivity (Wildman–Crippen MR) is 96.3 cm³/mol. The number of hydrogen-bond donors (Lipinski definition) is 2. The van der Waals surface area contributed by atoms with E-state index in [9.17, 15) is 14.7 Å². The van der Waals surface area contributed by atoms with Gasteiger partial charge in [0.15, 0.2) is 0 Å². The molecule has 1 amide bonds. The van der Waals surface area contributed by atoms with Crippen LogP contribution >= 0.6 is 11.8 Å². The first kappa shape index (κ1) is 19.1. The SMILES string of the molecule is Cc1noc(C)c1CSCC(=O)NC(c1ccccc1)C(C)C(=O)O. The van der Waals surface area contributed by atoms with E-state index in [1.54, 1.807) is 6.92 Å². The normalized spacial score (nSPS) is 13.2. The lowest BCUT2D eigenvalue weighted by Crippen LogP contribution is -2.36. The van der Waals surface area contributed by atoms with Gasteiger partial charge in [-0.05, 0) is 26.3 Å². The summed E-state index contributed by atoms with van der Waals surface area (Å²) in [6.07, 6.45) is 0. The number of nitrogens with one attached hydrogen (secondary N) is 1. The molecule has 2 rings (SSSR count). The van der Waals surface area contributed by atoms with Crippen LogP contribution in [0.5, 0.6) is 0 Å². The molecule has 0 saturated carbocycles. The number of carbonyl (C=O) groups excluding carboxylic acids is 1. The number of carboxylic acid groups (broad SMARTS) is 1. The van der Waals surface area contributed by atoms with E-state index in [0.29, 0.717) is 5.75 Å². The predicted octanol–water partition coefficient (Wildman–Crippen LogP) is 3.10. The van der Waals surface area contributed by atoms with E-state index < -0.39 is 17.9 Å². The maximum Gasteiger partial charge on any atom is 0.308 e. The highest BCUT2D eigenvalue weighted by Gasteiger charge is 2.26. The Morgan fingerprint density at radius 1 is 1.28 bits per heavy atom. The highest BCUT2D eigenvalue weighted by Crippen LogP contribution is 2.23. The fraction of sp³-hybridized carbons (Fsp3) is 0.389. The van der Waals surface area contributed by atoms with Gasteiger partial charge in [-0.25, -0.2) is 0 Å². The van der Waals surface area contributed by atoms with Crippen molar-refractivity contribution in [2.75, 3.05) is 5.75 Å². The van der Waals surface area contributed by atoms with Gasteiger partial charge in [-0.1, -0.05) is 35.5 Å². The molecule has 6 nitrogen and oxygen atoms in total. The van der Waals surface area contributed by atoms with Crippen LogP contribution in [0.2, 0.25) is 0 Å². The topological polar surface area (TPSA) is 92.4 Å². The average Bonchev–Trinajstić information content (AvgIpc) is 2.91. The summed E-state index contributed by atoms with van der Waals surface area (Å²) < 4.78 is 5.10. The lowest BCUT2D eigenvalue weighted by Gasteiger charge is -2.23. The van der Waals surface area contributed by atoms with Crippen molar-refractivity contribution in [1.82, 2.24) is 10.5 Å². The highest BCUT2D eigenvalue weighted by molar-refractivity contribution is 7.99. The van der Waals surface area contributed by atoms with Gasteiger partial charge < -0.3 is 14.9 Å². The minimum atomic E-state index is -0.947. The summed E-state index contributed by atoms with van der Waals surface area (Å²) >= 11 is 1.45. The third-order valence-corrected chi connectivity index (χ3v) is 4.98. The lowest BCUT2D eigenvalue weighted by molar-refractivity contribution is -0.142. The fourth-order valence-corrected chi connectivity index (χ4v) is 3.46. The van der Waals surface area contributed by atoms with Gasteiger partial charge in [0.2, 0.25) is 5.91 Å². The maximum atomic E-state index is 12.3. The summed E-state index contributed by atoms with van der Waals surface area (Å²) in [5, 5.41) is 16.0. The second kappa shape index (κ2) is 8.71. The summed E-state index contributed by atoms with van der Waals surface area (Å²) in [4.78, 5) is 23.7. The van der Waals surface area contributed by atoms with Gasteiger partial charge in [0, 0.05) is 11.3 Å². The molecule has 2 atom stereocenters. The summed E-state index contributed by atoms with van der Waals surface area (Å²) in [5.74, 6) is -0.249. The van der Waals surface area contributed by atoms with E-state index in [2.05, 4.69) is 10.5 Å². The zero-order valence-electron chi connectivity index (χ0n) is 14.5. The third kappa shape index (κ3) is 5.09. The number of hydrogen-bond acceptors (Lipinski definition) is 5. The second-order valence-electron chi connectivity index (χ2n) is 5.88. The van der Waals surface area contributed by atoms with E-state index in [1.807, 2.05) is 44.2 Å². The van der Waals surface area contributed by atoms with Gasteiger partial charge in [-0.2, -0.15) is 0 Å². The van der Waals surface area contributed by atoms with E-state index >= 15 is 0 Å². The molecule has 0 saturated heterocycles. The van der Waals surface area contributed by atoms with Crippen molar-refractivity contribution in [2.45, 2.75) is 32.6 Å². The summed E-state index contributed by atoms with van der Waals surface area (Å²) in [6, 6.07) is 8.59. The monoisotopic (exact) mass is 362 g/mol. The van der Waals surface area contributed by atoms with Crippen LogP contribution in [-0.2, 0) is 15.3 Å². The molecule has 0 bridgehead atoms. The van der Waals surface area contributed by atoms with Crippen LogP contribution in [0.1, 0.15) is 35.5 Å². The summed E-state index contributed by atoms with van der Waals surface area (Å²) in [5.41, 5.74) is 2.60. The van der Waals surface area contributed by atoms with Crippen LogP contribution in [0.15, 0.2) is 34.9 Å². The number of carbonyl (C=O) groups is 2. The number of carboxylic acids is 1. The molecule has 0 aliphatic heterocycles. The van der Waals surface area contributed by atoms with E-state index in [0.717, 1.165) is 22.6 Å². The molecule has 1 aromatic carbocycles. The van der Waals surface area contributed by atoms with Crippen molar-refractivity contribution in [1.29, 1.82) is 0 Å². The van der Waals surface area contributed by atoms with E-state index in [4.69, 9.17) is 4.52 Å². The minimum absolute atomic E-state index is 0.196. The number of amides is 1. The molecule has 134 valence electrons. The molecule has 0 radical (unpaired) electrons. The van der Waals surface area contributed by atoms with Crippen molar-refractivity contribution in [2.24, 2.45) is 5.92 Å². The Hall–Kier alpha value is -2.28. The van der Waals surface area contributed by atoms with Crippen LogP contribution in [0.25, 0.3) is 0 Å². The van der Waals surface area contributed by atoms with Crippen LogP contribution in [0.4, 0.5) is 0 Å². The number of rotatable bonds is 8. The molecule has 2 N–H and O–H groups in total. The number of nitrogens with zero attached hydrogens (tertiary/aromatic N) is 1. The molecule has 25 heavy (non-hydrogen) atoms. The van der Waals surface area contributed by atoms with Crippen LogP contribution < -0.4 is 5.32 Å². The fourth-order valence-electron chi connectivity index (χ4n) is 2.47. The number of aliphatic carboxylic acids is 1. The number of thioether (sulfide) groups is 1. The molecule has 0 aliphatic carbocycles. The Bertz CT molecular complexity index is 710. The average molecular weight is 362 g/mol. The summed E-state index contributed by atoms with van der Waals surface area (Å²) in [6.45, 7) is 5.31. The van der Waals surface area contributed by atoms with Gasteiger partial charge in [-0.15, -0.1) is 11.8 Å². The van der Waals surface area contributed by atoms with E-state index in [1.165, 1.54) is 11.8 Å². The molecule has 7 heteroatoms. The number of benzene rings is 1. The standard InChI is InChI=1S/C18H22N2O4S/c1-11(18(22)23)17(14-7-5-4-6-8-14)19-16(21)10-25-9-15-12(2)20-24-13(15)3/h4-8,11,17H,9-10H2,1-3H3,(H,19,21)(H,22,23). The largest absolute Gasteiger partial charge is 0.481 e. The third-order valence-electron chi connectivity index (χ3n) is 4.03. The number of aryl methyl sites for hydroxylation is 2. The Labute approximate surface area is 151 Å². The van der Waals surface area contributed by atoms with Crippen LogP contribution in [0, 0.1) is 19.8 Å². The Morgan fingerprint density at radius 3 is 2.52 bits per heavy atom. The Kier molecular flexibility index (Phi) is 6.64. The van der Waals surface area contributed by atoms with Crippen molar-refractivity contribution in [3.63, 3.8) is 0 Å². The smallest absolute Gasteiger partial charge is 0.308 e.